The van der Waals surface area contributed by atoms with Crippen LogP contribution in [-0.2, 0) is 11.2 Å². The molecular formula is C20H19ClN2O2. The van der Waals surface area contributed by atoms with Crippen LogP contribution in [0.1, 0.15) is 30.0 Å². The van der Waals surface area contributed by atoms with Gasteiger partial charge in [0.2, 0.25) is 11.8 Å². The molecule has 0 bridgehead atoms. The summed E-state index contributed by atoms with van der Waals surface area (Å²) in [5.74, 6) is 1.10. The molecule has 0 saturated heterocycles. The lowest BCUT2D eigenvalue weighted by Gasteiger charge is -2.14. The van der Waals surface area contributed by atoms with Crippen LogP contribution in [0.4, 0.5) is 0 Å². The number of rotatable bonds is 5. The average molecular weight is 355 g/mol. The zero-order chi connectivity index (χ0) is 17.8. The topological polar surface area (TPSA) is 55.1 Å². The maximum atomic E-state index is 12.3. The van der Waals surface area contributed by atoms with E-state index < -0.39 is 0 Å². The van der Waals surface area contributed by atoms with Crippen molar-refractivity contribution in [1.82, 2.24) is 10.3 Å². The summed E-state index contributed by atoms with van der Waals surface area (Å²) < 4.78 is 5.70. The fourth-order valence-electron chi connectivity index (χ4n) is 2.58. The summed E-state index contributed by atoms with van der Waals surface area (Å²) in [6, 6.07) is 17.0. The van der Waals surface area contributed by atoms with E-state index in [0.717, 1.165) is 11.1 Å². The van der Waals surface area contributed by atoms with Gasteiger partial charge in [-0.3, -0.25) is 4.79 Å². The van der Waals surface area contributed by atoms with Crippen molar-refractivity contribution in [1.29, 1.82) is 0 Å². The second-order valence-corrected chi connectivity index (χ2v) is 6.34. The van der Waals surface area contributed by atoms with E-state index in [-0.39, 0.29) is 18.4 Å². The first-order valence-corrected chi connectivity index (χ1v) is 8.47. The van der Waals surface area contributed by atoms with Gasteiger partial charge in [-0.25, -0.2) is 4.98 Å². The van der Waals surface area contributed by atoms with Crippen molar-refractivity contribution in [2.75, 3.05) is 0 Å². The first-order chi connectivity index (χ1) is 12.0. The molecule has 0 aliphatic carbocycles. The summed E-state index contributed by atoms with van der Waals surface area (Å²) in [7, 11) is 0. The van der Waals surface area contributed by atoms with Crippen LogP contribution in [0.2, 0.25) is 5.02 Å². The van der Waals surface area contributed by atoms with Gasteiger partial charge in [0.05, 0.1) is 18.2 Å². The molecule has 2 aromatic carbocycles. The molecule has 0 radical (unpaired) electrons. The van der Waals surface area contributed by atoms with Crippen molar-refractivity contribution in [3.63, 3.8) is 0 Å². The minimum Gasteiger partial charge on any atom is -0.441 e. The summed E-state index contributed by atoms with van der Waals surface area (Å²) in [6.07, 6.45) is 0.181. The Labute approximate surface area is 151 Å². The van der Waals surface area contributed by atoms with Crippen LogP contribution in [0.3, 0.4) is 0 Å². The van der Waals surface area contributed by atoms with Gasteiger partial charge in [0.25, 0.3) is 0 Å². The number of carbonyl (C=O) groups excluding carboxylic acids is 1. The molecule has 1 aromatic heterocycles. The summed E-state index contributed by atoms with van der Waals surface area (Å²) >= 11 is 5.89. The summed E-state index contributed by atoms with van der Waals surface area (Å²) in [6.45, 7) is 3.76. The van der Waals surface area contributed by atoms with Crippen molar-refractivity contribution >= 4 is 17.5 Å². The molecule has 0 spiro atoms. The molecule has 1 amide bonds. The third-order valence-electron chi connectivity index (χ3n) is 3.99. The Bertz CT molecular complexity index is 857. The molecule has 3 aromatic rings. The van der Waals surface area contributed by atoms with Crippen LogP contribution in [0.5, 0.6) is 0 Å². The van der Waals surface area contributed by atoms with Crippen molar-refractivity contribution < 1.29 is 9.21 Å². The second kappa shape index (κ2) is 7.53. The van der Waals surface area contributed by atoms with Crippen LogP contribution in [0, 0.1) is 6.92 Å². The molecule has 1 heterocycles. The molecule has 0 saturated carbocycles. The summed E-state index contributed by atoms with van der Waals surface area (Å²) in [5.41, 5.74) is 2.55. The number of oxazole rings is 1. The molecule has 1 N–H and O–H groups in total. The molecule has 3 rings (SSSR count). The maximum Gasteiger partial charge on any atom is 0.226 e. The molecule has 4 nitrogen and oxygen atoms in total. The number of amides is 1. The van der Waals surface area contributed by atoms with E-state index in [1.54, 1.807) is 0 Å². The molecule has 0 aliphatic rings. The van der Waals surface area contributed by atoms with Gasteiger partial charge in [0, 0.05) is 10.6 Å². The third kappa shape index (κ3) is 4.28. The van der Waals surface area contributed by atoms with E-state index >= 15 is 0 Å². The Morgan fingerprint density at radius 2 is 1.84 bits per heavy atom. The van der Waals surface area contributed by atoms with Gasteiger partial charge in [0.15, 0.2) is 0 Å². The Morgan fingerprint density at radius 1 is 1.16 bits per heavy atom. The predicted molar refractivity (Wildman–Crippen MR) is 98.4 cm³/mol. The molecule has 1 unspecified atom stereocenters. The van der Waals surface area contributed by atoms with Crippen molar-refractivity contribution in [2.45, 2.75) is 26.3 Å². The first kappa shape index (κ1) is 17.2. The third-order valence-corrected chi connectivity index (χ3v) is 4.24. The molecular weight excluding hydrogens is 336 g/mol. The number of nitrogens with one attached hydrogen (secondary N) is 1. The van der Waals surface area contributed by atoms with Crippen molar-refractivity contribution in [3.05, 3.63) is 76.6 Å². The minimum absolute atomic E-state index is 0.0986. The summed E-state index contributed by atoms with van der Waals surface area (Å²) in [4.78, 5) is 16.8. The molecule has 5 heteroatoms. The number of carbonyl (C=O) groups is 1. The van der Waals surface area contributed by atoms with E-state index in [1.165, 1.54) is 0 Å². The highest BCUT2D eigenvalue weighted by molar-refractivity contribution is 6.30. The quantitative estimate of drug-likeness (QED) is 0.721. The van der Waals surface area contributed by atoms with Crippen molar-refractivity contribution in [3.8, 4) is 11.5 Å². The summed E-state index contributed by atoms with van der Waals surface area (Å²) in [5, 5.41) is 3.65. The number of halogens is 1. The van der Waals surface area contributed by atoms with Crippen LogP contribution < -0.4 is 5.32 Å². The number of benzene rings is 2. The monoisotopic (exact) mass is 354 g/mol. The molecule has 128 valence electrons. The van der Waals surface area contributed by atoms with Gasteiger partial charge in [-0.05, 0) is 43.7 Å². The maximum absolute atomic E-state index is 12.3. The van der Waals surface area contributed by atoms with Crippen molar-refractivity contribution in [2.24, 2.45) is 0 Å². The second-order valence-electron chi connectivity index (χ2n) is 5.91. The highest BCUT2D eigenvalue weighted by atomic mass is 35.5. The van der Waals surface area contributed by atoms with Gasteiger partial charge in [-0.1, -0.05) is 41.9 Å². The van der Waals surface area contributed by atoms with Gasteiger partial charge >= 0.3 is 0 Å². The van der Waals surface area contributed by atoms with E-state index in [1.807, 2.05) is 68.4 Å². The number of aromatic nitrogens is 1. The molecule has 0 aliphatic heterocycles. The van der Waals surface area contributed by atoms with Crippen LogP contribution >= 0.6 is 11.6 Å². The molecule has 0 fully saturated rings. The lowest BCUT2D eigenvalue weighted by molar-refractivity contribution is -0.121. The predicted octanol–water partition coefficient (Wildman–Crippen LogP) is 4.72. The Kier molecular flexibility index (Phi) is 5.19. The first-order valence-electron chi connectivity index (χ1n) is 8.09. The van der Waals surface area contributed by atoms with Crippen LogP contribution in [0.15, 0.2) is 59.0 Å². The number of nitrogens with zero attached hydrogens (tertiary/aromatic N) is 1. The number of aryl methyl sites for hydroxylation is 1. The highest BCUT2D eigenvalue weighted by Crippen LogP contribution is 2.22. The van der Waals surface area contributed by atoms with Gasteiger partial charge in [-0.2, -0.15) is 0 Å². The van der Waals surface area contributed by atoms with Crippen LogP contribution in [0.25, 0.3) is 11.5 Å². The van der Waals surface area contributed by atoms with Gasteiger partial charge in [-0.15, -0.1) is 0 Å². The fraction of sp³-hybridized carbons (Fsp3) is 0.200. The van der Waals surface area contributed by atoms with E-state index in [2.05, 4.69) is 10.3 Å². The smallest absolute Gasteiger partial charge is 0.226 e. The van der Waals surface area contributed by atoms with E-state index in [9.17, 15) is 4.79 Å². The number of hydrogen-bond donors (Lipinski definition) is 1. The minimum atomic E-state index is -0.106. The van der Waals surface area contributed by atoms with Crippen LogP contribution in [-0.4, -0.2) is 10.9 Å². The Balaban J connectivity index is 1.67. The van der Waals surface area contributed by atoms with E-state index in [4.69, 9.17) is 16.0 Å². The fourth-order valence-corrected chi connectivity index (χ4v) is 2.70. The average Bonchev–Trinajstić information content (AvgIpc) is 2.97. The largest absolute Gasteiger partial charge is 0.441 e. The molecule has 25 heavy (non-hydrogen) atoms. The lowest BCUT2D eigenvalue weighted by Crippen LogP contribution is -2.28. The number of hydrogen-bond acceptors (Lipinski definition) is 3. The van der Waals surface area contributed by atoms with Gasteiger partial charge < -0.3 is 9.73 Å². The standard InChI is InChI=1S/C20H19ClN2O2/c1-13(15-8-10-17(21)11-9-15)22-19(24)12-18-14(2)25-20(23-18)16-6-4-3-5-7-16/h3-11,13H,12H2,1-2H3,(H,22,24). The molecule has 1 atom stereocenters. The SMILES string of the molecule is Cc1oc(-c2ccccc2)nc1CC(=O)NC(C)c1ccc(Cl)cc1. The normalized spacial score (nSPS) is 12.0. The zero-order valence-electron chi connectivity index (χ0n) is 14.1. The highest BCUT2D eigenvalue weighted by Gasteiger charge is 2.16. The Hall–Kier alpha value is -2.59. The zero-order valence-corrected chi connectivity index (χ0v) is 14.9. The van der Waals surface area contributed by atoms with Gasteiger partial charge in [0.1, 0.15) is 5.76 Å². The lowest BCUT2D eigenvalue weighted by atomic mass is 10.1. The Morgan fingerprint density at radius 3 is 2.52 bits per heavy atom. The van der Waals surface area contributed by atoms with E-state index in [0.29, 0.717) is 22.4 Å².